The third kappa shape index (κ3) is 7.79. The summed E-state index contributed by atoms with van der Waals surface area (Å²) < 4.78 is 13.4. The fourth-order valence-corrected chi connectivity index (χ4v) is 2.15. The molecule has 4 nitrogen and oxygen atoms in total. The standard InChI is InChI=1S/C18H31FN4.HI/c1-14(2)23(6)11-10-21-17(20-5)22-13-18(3,4)15-8-7-9-16(19)12-15;/h7-9,12,14H,10-11,13H2,1-6H3,(H2,20,21,22);1H. The van der Waals surface area contributed by atoms with Gasteiger partial charge in [-0.15, -0.1) is 24.0 Å². The average molecular weight is 450 g/mol. The molecular formula is C18H32FIN4. The third-order valence-corrected chi connectivity index (χ3v) is 4.17. The zero-order chi connectivity index (χ0) is 17.5. The molecule has 6 heteroatoms. The number of nitrogens with one attached hydrogen (secondary N) is 2. The molecule has 0 saturated heterocycles. The molecular weight excluding hydrogens is 418 g/mol. The summed E-state index contributed by atoms with van der Waals surface area (Å²) in [5, 5.41) is 6.64. The minimum absolute atomic E-state index is 0. The topological polar surface area (TPSA) is 39.7 Å². The Morgan fingerprint density at radius 2 is 1.96 bits per heavy atom. The predicted octanol–water partition coefficient (Wildman–Crippen LogP) is 3.23. The number of aliphatic imine (C=N–C) groups is 1. The van der Waals surface area contributed by atoms with E-state index in [0.717, 1.165) is 24.6 Å². The molecule has 0 atom stereocenters. The number of hydrogen-bond acceptors (Lipinski definition) is 2. The van der Waals surface area contributed by atoms with Crippen molar-refractivity contribution < 1.29 is 4.39 Å². The summed E-state index contributed by atoms with van der Waals surface area (Å²) in [6.07, 6.45) is 0. The molecule has 0 aromatic heterocycles. The van der Waals surface area contributed by atoms with Crippen LogP contribution < -0.4 is 10.6 Å². The van der Waals surface area contributed by atoms with E-state index in [0.29, 0.717) is 12.6 Å². The number of nitrogens with zero attached hydrogens (tertiary/aromatic N) is 2. The summed E-state index contributed by atoms with van der Waals surface area (Å²) in [5.74, 6) is 0.571. The zero-order valence-corrected chi connectivity index (χ0v) is 18.0. The highest BCUT2D eigenvalue weighted by atomic mass is 127. The van der Waals surface area contributed by atoms with Gasteiger partial charge >= 0.3 is 0 Å². The minimum atomic E-state index is -0.199. The van der Waals surface area contributed by atoms with Crippen LogP contribution in [0.4, 0.5) is 4.39 Å². The van der Waals surface area contributed by atoms with Gasteiger partial charge in [0.2, 0.25) is 0 Å². The van der Waals surface area contributed by atoms with Crippen LogP contribution in [0.25, 0.3) is 0 Å². The Morgan fingerprint density at radius 3 is 2.50 bits per heavy atom. The molecule has 0 aliphatic rings. The quantitative estimate of drug-likeness (QED) is 0.381. The number of likely N-dealkylation sites (N-methyl/N-ethyl adjacent to an activating group) is 1. The molecule has 24 heavy (non-hydrogen) atoms. The van der Waals surface area contributed by atoms with Crippen LogP contribution in [-0.4, -0.2) is 50.6 Å². The summed E-state index contributed by atoms with van der Waals surface area (Å²) in [5.41, 5.74) is 0.786. The van der Waals surface area contributed by atoms with E-state index >= 15 is 0 Å². The van der Waals surface area contributed by atoms with Crippen molar-refractivity contribution in [2.75, 3.05) is 33.7 Å². The Kier molecular flexibility index (Phi) is 10.5. The molecule has 0 aliphatic heterocycles. The maximum atomic E-state index is 13.4. The van der Waals surface area contributed by atoms with Gasteiger partial charge in [0.05, 0.1) is 0 Å². The third-order valence-electron chi connectivity index (χ3n) is 4.17. The van der Waals surface area contributed by atoms with Crippen molar-refractivity contribution >= 4 is 29.9 Å². The van der Waals surface area contributed by atoms with Gasteiger partial charge in [-0.1, -0.05) is 26.0 Å². The maximum Gasteiger partial charge on any atom is 0.191 e. The van der Waals surface area contributed by atoms with Gasteiger partial charge in [0, 0.05) is 38.1 Å². The van der Waals surface area contributed by atoms with Crippen LogP contribution in [0, 0.1) is 5.82 Å². The van der Waals surface area contributed by atoms with Crippen molar-refractivity contribution in [3.05, 3.63) is 35.6 Å². The van der Waals surface area contributed by atoms with Gasteiger partial charge < -0.3 is 15.5 Å². The highest BCUT2D eigenvalue weighted by Gasteiger charge is 2.21. The lowest BCUT2D eigenvalue weighted by Gasteiger charge is -2.27. The molecule has 0 spiro atoms. The summed E-state index contributed by atoms with van der Waals surface area (Å²) >= 11 is 0. The Morgan fingerprint density at radius 1 is 1.29 bits per heavy atom. The van der Waals surface area contributed by atoms with Gasteiger partial charge in [-0.2, -0.15) is 0 Å². The lowest BCUT2D eigenvalue weighted by Crippen LogP contribution is -2.45. The Hall–Kier alpha value is -0.890. The van der Waals surface area contributed by atoms with Crippen LogP contribution in [0.5, 0.6) is 0 Å². The van der Waals surface area contributed by atoms with Crippen LogP contribution in [0.1, 0.15) is 33.3 Å². The van der Waals surface area contributed by atoms with Crippen LogP contribution >= 0.6 is 24.0 Å². The van der Waals surface area contributed by atoms with E-state index in [9.17, 15) is 4.39 Å². The number of hydrogen-bond donors (Lipinski definition) is 2. The fraction of sp³-hybridized carbons (Fsp3) is 0.611. The van der Waals surface area contributed by atoms with E-state index in [1.807, 2.05) is 6.07 Å². The monoisotopic (exact) mass is 450 g/mol. The first kappa shape index (κ1) is 23.1. The van der Waals surface area contributed by atoms with E-state index in [1.165, 1.54) is 6.07 Å². The zero-order valence-electron chi connectivity index (χ0n) is 15.7. The van der Waals surface area contributed by atoms with Gasteiger partial charge in [-0.25, -0.2) is 4.39 Å². The molecule has 0 aliphatic carbocycles. The van der Waals surface area contributed by atoms with Gasteiger partial charge in [0.25, 0.3) is 0 Å². The van der Waals surface area contributed by atoms with Crippen molar-refractivity contribution in [1.29, 1.82) is 0 Å². The first-order valence-electron chi connectivity index (χ1n) is 8.17. The van der Waals surface area contributed by atoms with Crippen molar-refractivity contribution in [2.24, 2.45) is 4.99 Å². The molecule has 0 unspecified atom stereocenters. The van der Waals surface area contributed by atoms with Crippen LogP contribution in [-0.2, 0) is 5.41 Å². The molecule has 2 N–H and O–H groups in total. The number of guanidine groups is 1. The molecule has 0 radical (unpaired) electrons. The summed E-state index contributed by atoms with van der Waals surface area (Å²) in [6.45, 7) is 11.0. The molecule has 138 valence electrons. The van der Waals surface area contributed by atoms with Gasteiger partial charge in [-0.05, 0) is 38.6 Å². The normalized spacial score (nSPS) is 12.3. The lowest BCUT2D eigenvalue weighted by molar-refractivity contribution is 0.278. The average Bonchev–Trinajstić information content (AvgIpc) is 2.50. The SMILES string of the molecule is CN=C(NCCN(C)C(C)C)NCC(C)(C)c1cccc(F)c1.I. The molecule has 0 heterocycles. The summed E-state index contributed by atoms with van der Waals surface area (Å²) in [7, 11) is 3.87. The molecule has 0 bridgehead atoms. The second kappa shape index (κ2) is 10.9. The Balaban J connectivity index is 0.00000529. The molecule has 1 aromatic carbocycles. The largest absolute Gasteiger partial charge is 0.356 e. The molecule has 0 saturated carbocycles. The number of benzene rings is 1. The number of rotatable bonds is 7. The van der Waals surface area contributed by atoms with Crippen LogP contribution in [0.3, 0.4) is 0 Å². The van der Waals surface area contributed by atoms with Crippen molar-refractivity contribution in [1.82, 2.24) is 15.5 Å². The minimum Gasteiger partial charge on any atom is -0.356 e. The van der Waals surface area contributed by atoms with E-state index in [4.69, 9.17) is 0 Å². The van der Waals surface area contributed by atoms with E-state index in [1.54, 1.807) is 19.2 Å². The lowest BCUT2D eigenvalue weighted by atomic mass is 9.84. The van der Waals surface area contributed by atoms with Crippen LogP contribution in [0.2, 0.25) is 0 Å². The molecule has 0 fully saturated rings. The smallest absolute Gasteiger partial charge is 0.191 e. The van der Waals surface area contributed by atoms with Crippen LogP contribution in [0.15, 0.2) is 29.3 Å². The first-order chi connectivity index (χ1) is 10.8. The highest BCUT2D eigenvalue weighted by molar-refractivity contribution is 14.0. The second-order valence-electron chi connectivity index (χ2n) is 6.82. The van der Waals surface area contributed by atoms with Crippen molar-refractivity contribution in [3.63, 3.8) is 0 Å². The predicted molar refractivity (Wildman–Crippen MR) is 112 cm³/mol. The highest BCUT2D eigenvalue weighted by Crippen LogP contribution is 2.22. The molecule has 1 rings (SSSR count). The maximum absolute atomic E-state index is 13.4. The summed E-state index contributed by atoms with van der Waals surface area (Å²) in [4.78, 5) is 6.52. The first-order valence-corrected chi connectivity index (χ1v) is 8.17. The Bertz CT molecular complexity index is 517. The fourth-order valence-electron chi connectivity index (χ4n) is 2.15. The van der Waals surface area contributed by atoms with Gasteiger partial charge in [0.15, 0.2) is 5.96 Å². The van der Waals surface area contributed by atoms with Gasteiger partial charge in [-0.3, -0.25) is 4.99 Å². The molecule has 0 amide bonds. The van der Waals surface area contributed by atoms with E-state index in [-0.39, 0.29) is 35.2 Å². The second-order valence-corrected chi connectivity index (χ2v) is 6.82. The van der Waals surface area contributed by atoms with Crippen molar-refractivity contribution in [2.45, 2.75) is 39.2 Å². The number of halogens is 2. The summed E-state index contributed by atoms with van der Waals surface area (Å²) in [6, 6.07) is 7.30. The van der Waals surface area contributed by atoms with E-state index < -0.39 is 0 Å². The van der Waals surface area contributed by atoms with E-state index in [2.05, 4.69) is 55.3 Å². The Labute approximate surface area is 163 Å². The molecule has 1 aromatic rings. The van der Waals surface area contributed by atoms with Gasteiger partial charge in [0.1, 0.15) is 5.82 Å². The van der Waals surface area contributed by atoms with Crippen molar-refractivity contribution in [3.8, 4) is 0 Å².